The number of hydrogen-bond donors (Lipinski definition) is 1. The lowest BCUT2D eigenvalue weighted by molar-refractivity contribution is -0.129. The van der Waals surface area contributed by atoms with E-state index in [2.05, 4.69) is 30.4 Å². The molecular weight excluding hydrogens is 398 g/mol. The van der Waals surface area contributed by atoms with Gasteiger partial charge in [-0.1, -0.05) is 32.3 Å². The van der Waals surface area contributed by atoms with E-state index in [1.54, 1.807) is 7.11 Å². The zero-order chi connectivity index (χ0) is 22.3. The van der Waals surface area contributed by atoms with E-state index < -0.39 is 0 Å². The highest BCUT2D eigenvalue weighted by molar-refractivity contribution is 5.88. The van der Waals surface area contributed by atoms with Crippen LogP contribution in [0.2, 0.25) is 0 Å². The Morgan fingerprint density at radius 1 is 1.16 bits per heavy atom. The SMILES string of the molecule is COc1ccc2c(c1)CC[C@H]1[C@@H]3[C@H](CCC(=O)NC4CCCCC4)CC(=O)[C@@]3(C)CC[C@H]21. The first kappa shape index (κ1) is 22.0. The van der Waals surface area contributed by atoms with Crippen LogP contribution < -0.4 is 10.1 Å². The predicted octanol–water partition coefficient (Wildman–Crippen LogP) is 5.58. The number of ether oxygens (including phenoxy) is 1. The molecule has 0 spiro atoms. The van der Waals surface area contributed by atoms with Crippen LogP contribution in [0.3, 0.4) is 0 Å². The molecule has 4 aliphatic carbocycles. The number of nitrogens with one attached hydrogen (secondary N) is 1. The lowest BCUT2D eigenvalue weighted by atomic mass is 9.54. The summed E-state index contributed by atoms with van der Waals surface area (Å²) in [6.45, 7) is 2.24. The van der Waals surface area contributed by atoms with Crippen molar-refractivity contribution < 1.29 is 14.3 Å². The number of hydrogen-bond acceptors (Lipinski definition) is 3. The minimum Gasteiger partial charge on any atom is -0.497 e. The lowest BCUT2D eigenvalue weighted by Gasteiger charge is -2.50. The highest BCUT2D eigenvalue weighted by Gasteiger charge is 2.58. The van der Waals surface area contributed by atoms with Crippen molar-refractivity contribution in [1.29, 1.82) is 0 Å². The van der Waals surface area contributed by atoms with E-state index in [9.17, 15) is 9.59 Å². The van der Waals surface area contributed by atoms with Crippen LogP contribution in [0.25, 0.3) is 0 Å². The summed E-state index contributed by atoms with van der Waals surface area (Å²) in [5.41, 5.74) is 2.73. The molecule has 1 aromatic rings. The van der Waals surface area contributed by atoms with Gasteiger partial charge in [0.1, 0.15) is 11.5 Å². The van der Waals surface area contributed by atoms with Crippen molar-refractivity contribution in [2.45, 2.75) is 95.9 Å². The van der Waals surface area contributed by atoms with Gasteiger partial charge in [0.05, 0.1) is 7.11 Å². The molecule has 0 radical (unpaired) electrons. The monoisotopic (exact) mass is 437 g/mol. The molecule has 3 saturated carbocycles. The summed E-state index contributed by atoms with van der Waals surface area (Å²) in [5, 5.41) is 3.28. The van der Waals surface area contributed by atoms with Gasteiger partial charge in [0, 0.05) is 24.3 Å². The minimum atomic E-state index is -0.185. The Morgan fingerprint density at radius 2 is 1.97 bits per heavy atom. The van der Waals surface area contributed by atoms with E-state index in [1.807, 2.05) is 0 Å². The lowest BCUT2D eigenvalue weighted by Crippen LogP contribution is -2.44. The number of carbonyl (C=O) groups is 2. The number of Topliss-reactive ketones (excluding diaryl/α,β-unsaturated/α-hetero) is 1. The van der Waals surface area contributed by atoms with E-state index >= 15 is 0 Å². The Hall–Kier alpha value is -1.84. The molecule has 4 aliphatic rings. The third-order valence-corrected chi connectivity index (χ3v) is 9.49. The fraction of sp³-hybridized carbons (Fsp3) is 0.714. The molecule has 4 heteroatoms. The molecule has 0 bridgehead atoms. The fourth-order valence-corrected chi connectivity index (χ4v) is 7.87. The van der Waals surface area contributed by atoms with Gasteiger partial charge in [-0.15, -0.1) is 0 Å². The zero-order valence-corrected chi connectivity index (χ0v) is 19.8. The molecule has 5 atom stereocenters. The Kier molecular flexibility index (Phi) is 6.07. The molecule has 5 rings (SSSR count). The summed E-state index contributed by atoms with van der Waals surface area (Å²) in [5.74, 6) is 3.50. The molecule has 174 valence electrons. The summed E-state index contributed by atoms with van der Waals surface area (Å²) in [6.07, 6.45) is 12.5. The highest BCUT2D eigenvalue weighted by Crippen LogP contribution is 2.62. The summed E-state index contributed by atoms with van der Waals surface area (Å²) in [7, 11) is 1.73. The second kappa shape index (κ2) is 8.83. The first-order valence-corrected chi connectivity index (χ1v) is 13.0. The summed E-state index contributed by atoms with van der Waals surface area (Å²) < 4.78 is 5.46. The van der Waals surface area contributed by atoms with Crippen molar-refractivity contribution in [3.05, 3.63) is 29.3 Å². The van der Waals surface area contributed by atoms with Crippen LogP contribution >= 0.6 is 0 Å². The average molecular weight is 438 g/mol. The Labute approximate surface area is 192 Å². The quantitative estimate of drug-likeness (QED) is 0.655. The second-order valence-electron chi connectivity index (χ2n) is 11.2. The molecule has 3 fully saturated rings. The van der Waals surface area contributed by atoms with Crippen LogP contribution in [-0.4, -0.2) is 24.8 Å². The van der Waals surface area contributed by atoms with Gasteiger partial charge in [-0.05, 0) is 91.9 Å². The van der Waals surface area contributed by atoms with E-state index in [0.29, 0.717) is 48.3 Å². The number of rotatable bonds is 5. The Morgan fingerprint density at radius 3 is 2.75 bits per heavy atom. The maximum atomic E-state index is 13.2. The number of carbonyl (C=O) groups excluding carboxylic acids is 2. The largest absolute Gasteiger partial charge is 0.497 e. The van der Waals surface area contributed by atoms with Crippen LogP contribution in [0.1, 0.15) is 94.6 Å². The second-order valence-corrected chi connectivity index (χ2v) is 11.2. The molecule has 0 saturated heterocycles. The average Bonchev–Trinajstić information content (AvgIpc) is 3.07. The Bertz CT molecular complexity index is 873. The van der Waals surface area contributed by atoms with Gasteiger partial charge in [-0.3, -0.25) is 9.59 Å². The Balaban J connectivity index is 1.30. The zero-order valence-electron chi connectivity index (χ0n) is 19.8. The molecule has 4 nitrogen and oxygen atoms in total. The maximum absolute atomic E-state index is 13.2. The van der Waals surface area contributed by atoms with Crippen LogP contribution in [-0.2, 0) is 16.0 Å². The normalized spacial score (nSPS) is 34.4. The smallest absolute Gasteiger partial charge is 0.220 e. The number of ketones is 1. The van der Waals surface area contributed by atoms with Gasteiger partial charge in [0.25, 0.3) is 0 Å². The number of methoxy groups -OCH3 is 1. The van der Waals surface area contributed by atoms with E-state index in [0.717, 1.165) is 50.7 Å². The van der Waals surface area contributed by atoms with Gasteiger partial charge in [-0.25, -0.2) is 0 Å². The molecular formula is C28H39NO3. The molecule has 1 amide bonds. The molecule has 0 aliphatic heterocycles. The number of amides is 1. The summed E-state index contributed by atoms with van der Waals surface area (Å²) >= 11 is 0. The van der Waals surface area contributed by atoms with E-state index in [4.69, 9.17) is 4.74 Å². The van der Waals surface area contributed by atoms with Gasteiger partial charge in [0.2, 0.25) is 5.91 Å². The fourth-order valence-electron chi connectivity index (χ4n) is 7.87. The number of fused-ring (bicyclic) bond motifs is 5. The van der Waals surface area contributed by atoms with Gasteiger partial charge < -0.3 is 10.1 Å². The van der Waals surface area contributed by atoms with E-state index in [1.165, 1.54) is 30.4 Å². The third-order valence-electron chi connectivity index (χ3n) is 9.49. The van der Waals surface area contributed by atoms with Crippen LogP contribution in [0, 0.1) is 23.2 Å². The van der Waals surface area contributed by atoms with Gasteiger partial charge >= 0.3 is 0 Å². The number of benzene rings is 1. The molecule has 1 aromatic carbocycles. The first-order valence-electron chi connectivity index (χ1n) is 13.0. The third kappa shape index (κ3) is 3.88. The first-order chi connectivity index (χ1) is 15.5. The van der Waals surface area contributed by atoms with Crippen LogP contribution in [0.5, 0.6) is 5.75 Å². The van der Waals surface area contributed by atoms with Crippen molar-refractivity contribution in [3.8, 4) is 5.75 Å². The highest BCUT2D eigenvalue weighted by atomic mass is 16.5. The van der Waals surface area contributed by atoms with Crippen molar-refractivity contribution in [1.82, 2.24) is 5.32 Å². The molecule has 32 heavy (non-hydrogen) atoms. The molecule has 0 unspecified atom stereocenters. The molecule has 1 N–H and O–H groups in total. The maximum Gasteiger partial charge on any atom is 0.220 e. The summed E-state index contributed by atoms with van der Waals surface area (Å²) in [6, 6.07) is 6.96. The number of aryl methyl sites for hydroxylation is 1. The topological polar surface area (TPSA) is 55.4 Å². The van der Waals surface area contributed by atoms with E-state index in [-0.39, 0.29) is 11.3 Å². The van der Waals surface area contributed by atoms with Crippen molar-refractivity contribution in [2.75, 3.05) is 7.11 Å². The van der Waals surface area contributed by atoms with Gasteiger partial charge in [0.15, 0.2) is 0 Å². The summed E-state index contributed by atoms with van der Waals surface area (Å²) in [4.78, 5) is 25.9. The predicted molar refractivity (Wildman–Crippen MR) is 126 cm³/mol. The van der Waals surface area contributed by atoms with Crippen molar-refractivity contribution in [3.63, 3.8) is 0 Å². The minimum absolute atomic E-state index is 0.185. The molecule has 0 heterocycles. The van der Waals surface area contributed by atoms with Crippen molar-refractivity contribution in [2.24, 2.45) is 23.2 Å². The van der Waals surface area contributed by atoms with Crippen LogP contribution in [0.15, 0.2) is 18.2 Å². The van der Waals surface area contributed by atoms with Crippen LogP contribution in [0.4, 0.5) is 0 Å². The van der Waals surface area contributed by atoms with Crippen molar-refractivity contribution >= 4 is 11.7 Å². The van der Waals surface area contributed by atoms with Gasteiger partial charge in [-0.2, -0.15) is 0 Å². The standard InChI is InChI=1S/C28H39NO3/c1-28-15-14-23-22-12-10-21(32-2)16-18(22)8-11-24(23)27(28)19(17-25(28)30)9-13-26(31)29-20-6-4-3-5-7-20/h10,12,16,19-20,23-24,27H,3-9,11,13-15,17H2,1-2H3,(H,29,31)/t19-,23-,24-,27+,28-/m1/s1. The molecule has 0 aromatic heterocycles.